The molecule has 1 fully saturated rings. The van der Waals surface area contributed by atoms with E-state index in [0.29, 0.717) is 12.5 Å². The fourth-order valence-corrected chi connectivity index (χ4v) is 2.38. The number of nitrogens with one attached hydrogen (secondary N) is 1. The Morgan fingerprint density at radius 3 is 2.70 bits per heavy atom. The Labute approximate surface area is 121 Å². The van der Waals surface area contributed by atoms with Crippen molar-refractivity contribution in [2.24, 2.45) is 5.92 Å². The molecule has 0 saturated carbocycles. The number of hydrogen-bond donors (Lipinski definition) is 1. The zero-order valence-corrected chi connectivity index (χ0v) is 12.8. The first-order chi connectivity index (χ1) is 9.70. The summed E-state index contributed by atoms with van der Waals surface area (Å²) < 4.78 is 5.54. The van der Waals surface area contributed by atoms with Crippen molar-refractivity contribution in [2.75, 3.05) is 36.5 Å². The molecule has 5 nitrogen and oxygen atoms in total. The molecule has 0 spiro atoms. The van der Waals surface area contributed by atoms with Crippen molar-refractivity contribution in [2.45, 2.75) is 39.7 Å². The van der Waals surface area contributed by atoms with Gasteiger partial charge in [-0.05, 0) is 25.7 Å². The summed E-state index contributed by atoms with van der Waals surface area (Å²) in [5, 5.41) is 3.47. The summed E-state index contributed by atoms with van der Waals surface area (Å²) in [6, 6.07) is 2.32. The number of anilines is 2. The van der Waals surface area contributed by atoms with Crippen molar-refractivity contribution in [3.8, 4) is 0 Å². The Morgan fingerprint density at radius 1 is 1.30 bits per heavy atom. The lowest BCUT2D eigenvalue weighted by molar-refractivity contribution is 0.126. The smallest absolute Gasteiger partial charge is 0.134 e. The SMILES string of the molecule is CCOCC(Nc1cc(N2CCCC2)ncn1)C(C)C. The quantitative estimate of drug-likeness (QED) is 0.830. The highest BCUT2D eigenvalue weighted by atomic mass is 16.5. The molecule has 2 heterocycles. The maximum Gasteiger partial charge on any atom is 0.134 e. The molecule has 1 atom stereocenters. The van der Waals surface area contributed by atoms with Crippen LogP contribution in [0, 0.1) is 5.92 Å². The van der Waals surface area contributed by atoms with Gasteiger partial charge in [-0.1, -0.05) is 13.8 Å². The predicted octanol–water partition coefficient (Wildman–Crippen LogP) is 2.55. The predicted molar refractivity (Wildman–Crippen MR) is 82.2 cm³/mol. The van der Waals surface area contributed by atoms with Crippen LogP contribution in [0.1, 0.15) is 33.6 Å². The average Bonchev–Trinajstić information content (AvgIpc) is 2.97. The third-order valence-corrected chi connectivity index (χ3v) is 3.72. The molecule has 112 valence electrons. The summed E-state index contributed by atoms with van der Waals surface area (Å²) in [4.78, 5) is 11.0. The molecule has 1 aliphatic rings. The molecule has 20 heavy (non-hydrogen) atoms. The van der Waals surface area contributed by atoms with E-state index in [4.69, 9.17) is 4.74 Å². The molecule has 1 N–H and O–H groups in total. The molecule has 0 aromatic carbocycles. The van der Waals surface area contributed by atoms with Gasteiger partial charge in [-0.25, -0.2) is 9.97 Å². The lowest BCUT2D eigenvalue weighted by Gasteiger charge is -2.23. The fourth-order valence-electron chi connectivity index (χ4n) is 2.38. The molecule has 1 aromatic rings. The molecular formula is C15H26N4O. The Balaban J connectivity index is 2.01. The zero-order chi connectivity index (χ0) is 14.4. The Hall–Kier alpha value is -1.36. The molecule has 0 radical (unpaired) electrons. The van der Waals surface area contributed by atoms with Gasteiger partial charge in [-0.2, -0.15) is 0 Å². The van der Waals surface area contributed by atoms with E-state index >= 15 is 0 Å². The van der Waals surface area contributed by atoms with Crippen LogP contribution >= 0.6 is 0 Å². The van der Waals surface area contributed by atoms with E-state index in [9.17, 15) is 0 Å². The van der Waals surface area contributed by atoms with Crippen LogP contribution in [-0.4, -0.2) is 42.3 Å². The molecule has 1 unspecified atom stereocenters. The number of ether oxygens (including phenoxy) is 1. The van der Waals surface area contributed by atoms with E-state index in [1.807, 2.05) is 13.0 Å². The largest absolute Gasteiger partial charge is 0.380 e. The molecule has 0 aliphatic carbocycles. The Morgan fingerprint density at radius 2 is 2.05 bits per heavy atom. The van der Waals surface area contributed by atoms with Crippen molar-refractivity contribution in [3.05, 3.63) is 12.4 Å². The molecule has 5 heteroatoms. The Bertz CT molecular complexity index is 405. The normalized spacial score (nSPS) is 16.7. The minimum atomic E-state index is 0.274. The third-order valence-electron chi connectivity index (χ3n) is 3.72. The molecular weight excluding hydrogens is 252 g/mol. The summed E-state index contributed by atoms with van der Waals surface area (Å²) in [6.45, 7) is 10.1. The number of nitrogens with zero attached hydrogens (tertiary/aromatic N) is 3. The average molecular weight is 278 g/mol. The molecule has 2 rings (SSSR count). The Kier molecular flexibility index (Phi) is 5.59. The monoisotopic (exact) mass is 278 g/mol. The highest BCUT2D eigenvalue weighted by Gasteiger charge is 2.17. The van der Waals surface area contributed by atoms with Crippen LogP contribution in [0.5, 0.6) is 0 Å². The van der Waals surface area contributed by atoms with Crippen molar-refractivity contribution < 1.29 is 4.74 Å². The standard InChI is InChI=1S/C15H26N4O/c1-4-20-10-13(12(2)3)18-14-9-15(17-11-16-14)19-7-5-6-8-19/h9,11-13H,4-8,10H2,1-3H3,(H,16,17,18). The third kappa shape index (κ3) is 4.07. The van der Waals surface area contributed by atoms with Crippen LogP contribution < -0.4 is 10.2 Å². The first-order valence-corrected chi connectivity index (χ1v) is 7.62. The fraction of sp³-hybridized carbons (Fsp3) is 0.733. The van der Waals surface area contributed by atoms with Gasteiger partial charge in [0.15, 0.2) is 0 Å². The van der Waals surface area contributed by atoms with Crippen LogP contribution in [0.3, 0.4) is 0 Å². The van der Waals surface area contributed by atoms with Crippen LogP contribution in [-0.2, 0) is 4.74 Å². The first-order valence-electron chi connectivity index (χ1n) is 7.62. The molecule has 0 bridgehead atoms. The first kappa shape index (κ1) is 15.0. The van der Waals surface area contributed by atoms with Gasteiger partial charge in [0.25, 0.3) is 0 Å². The van der Waals surface area contributed by atoms with Crippen molar-refractivity contribution in [3.63, 3.8) is 0 Å². The molecule has 1 aliphatic heterocycles. The second-order valence-corrected chi connectivity index (χ2v) is 5.61. The van der Waals surface area contributed by atoms with Gasteiger partial charge in [0, 0.05) is 25.8 Å². The van der Waals surface area contributed by atoms with Gasteiger partial charge >= 0.3 is 0 Å². The van der Waals surface area contributed by atoms with Crippen LogP contribution in [0.4, 0.5) is 11.6 Å². The van der Waals surface area contributed by atoms with Crippen molar-refractivity contribution in [1.29, 1.82) is 0 Å². The van der Waals surface area contributed by atoms with Gasteiger partial charge in [0.2, 0.25) is 0 Å². The number of aromatic nitrogens is 2. The van der Waals surface area contributed by atoms with E-state index in [1.54, 1.807) is 6.33 Å². The topological polar surface area (TPSA) is 50.3 Å². The van der Waals surface area contributed by atoms with Crippen molar-refractivity contribution >= 4 is 11.6 Å². The molecule has 0 amide bonds. The summed E-state index contributed by atoms with van der Waals surface area (Å²) in [6.07, 6.45) is 4.16. The summed E-state index contributed by atoms with van der Waals surface area (Å²) >= 11 is 0. The minimum Gasteiger partial charge on any atom is -0.380 e. The van der Waals surface area contributed by atoms with E-state index in [-0.39, 0.29) is 6.04 Å². The van der Waals surface area contributed by atoms with Gasteiger partial charge in [-0.15, -0.1) is 0 Å². The maximum absolute atomic E-state index is 5.54. The van der Waals surface area contributed by atoms with E-state index < -0.39 is 0 Å². The van der Waals surface area contributed by atoms with Gasteiger partial charge in [0.1, 0.15) is 18.0 Å². The number of rotatable bonds is 7. The summed E-state index contributed by atoms with van der Waals surface area (Å²) in [5.74, 6) is 2.41. The van der Waals surface area contributed by atoms with Crippen LogP contribution in [0.2, 0.25) is 0 Å². The van der Waals surface area contributed by atoms with E-state index in [0.717, 1.165) is 31.3 Å². The summed E-state index contributed by atoms with van der Waals surface area (Å²) in [5.41, 5.74) is 0. The highest BCUT2D eigenvalue weighted by Crippen LogP contribution is 2.20. The lowest BCUT2D eigenvalue weighted by atomic mass is 10.1. The van der Waals surface area contributed by atoms with E-state index in [2.05, 4.69) is 34.0 Å². The summed E-state index contributed by atoms with van der Waals surface area (Å²) in [7, 11) is 0. The maximum atomic E-state index is 5.54. The van der Waals surface area contributed by atoms with Crippen LogP contribution in [0.25, 0.3) is 0 Å². The second kappa shape index (κ2) is 7.43. The van der Waals surface area contributed by atoms with Crippen LogP contribution in [0.15, 0.2) is 12.4 Å². The zero-order valence-electron chi connectivity index (χ0n) is 12.8. The lowest BCUT2D eigenvalue weighted by Crippen LogP contribution is -2.31. The van der Waals surface area contributed by atoms with Gasteiger partial charge in [-0.3, -0.25) is 0 Å². The molecule has 1 saturated heterocycles. The highest BCUT2D eigenvalue weighted by molar-refractivity contribution is 5.49. The van der Waals surface area contributed by atoms with Gasteiger partial charge < -0.3 is 15.0 Å². The van der Waals surface area contributed by atoms with Crippen molar-refractivity contribution in [1.82, 2.24) is 9.97 Å². The minimum absolute atomic E-state index is 0.274. The molecule has 1 aromatic heterocycles. The number of hydrogen-bond acceptors (Lipinski definition) is 5. The van der Waals surface area contributed by atoms with E-state index in [1.165, 1.54) is 12.8 Å². The second-order valence-electron chi connectivity index (χ2n) is 5.61. The van der Waals surface area contributed by atoms with Gasteiger partial charge in [0.05, 0.1) is 12.6 Å².